The van der Waals surface area contributed by atoms with Gasteiger partial charge < -0.3 is 10.4 Å². The van der Waals surface area contributed by atoms with Gasteiger partial charge in [0, 0.05) is 6.54 Å². The monoisotopic (exact) mass is 210 g/mol. The lowest BCUT2D eigenvalue weighted by Crippen LogP contribution is -2.49. The van der Waals surface area contributed by atoms with E-state index in [4.69, 9.17) is 5.11 Å². The first-order chi connectivity index (χ1) is 6.38. The summed E-state index contributed by atoms with van der Waals surface area (Å²) in [5, 5.41) is 13.2. The second-order valence-corrected chi connectivity index (χ2v) is 2.85. The zero-order chi connectivity index (χ0) is 10.8. The first-order valence-corrected chi connectivity index (χ1v) is 3.88. The van der Waals surface area contributed by atoms with E-state index in [2.05, 4.69) is 10.6 Å². The Hall–Kier alpha value is -1.24. The molecule has 4 nitrogen and oxygen atoms in total. The smallest absolute Gasteiger partial charge is 0.392 e. The molecule has 1 heterocycles. The zero-order valence-electron chi connectivity index (χ0n) is 7.06. The van der Waals surface area contributed by atoms with Crippen molar-refractivity contribution in [3.8, 4) is 0 Å². The molecule has 1 unspecified atom stereocenters. The van der Waals surface area contributed by atoms with E-state index in [1.807, 2.05) is 0 Å². The Morgan fingerprint density at radius 2 is 2.29 bits per heavy atom. The minimum atomic E-state index is -4.31. The maximum atomic E-state index is 11.9. The Kier molecular flexibility index (Phi) is 3.00. The van der Waals surface area contributed by atoms with Crippen LogP contribution < -0.4 is 10.6 Å². The summed E-state index contributed by atoms with van der Waals surface area (Å²) in [4.78, 5) is 10.4. The lowest BCUT2D eigenvalue weighted by Gasteiger charge is -2.25. The van der Waals surface area contributed by atoms with Crippen LogP contribution in [0.25, 0.3) is 0 Å². The van der Waals surface area contributed by atoms with Gasteiger partial charge in [-0.2, -0.15) is 13.2 Å². The molecule has 0 aromatic rings. The second kappa shape index (κ2) is 3.87. The van der Waals surface area contributed by atoms with Gasteiger partial charge in [-0.15, -0.1) is 0 Å². The van der Waals surface area contributed by atoms with Gasteiger partial charge in [0.1, 0.15) is 5.70 Å². The van der Waals surface area contributed by atoms with E-state index in [1.54, 1.807) is 0 Å². The van der Waals surface area contributed by atoms with Crippen molar-refractivity contribution in [2.75, 3.05) is 6.54 Å². The van der Waals surface area contributed by atoms with Crippen molar-refractivity contribution in [3.05, 3.63) is 11.8 Å². The predicted octanol–water partition coefficient (Wildman–Crippen LogP) is 0.426. The molecule has 1 atom stereocenters. The van der Waals surface area contributed by atoms with Crippen molar-refractivity contribution >= 4 is 5.97 Å². The first-order valence-electron chi connectivity index (χ1n) is 3.88. The summed E-state index contributed by atoms with van der Waals surface area (Å²) in [5.74, 6) is -1.25. The number of carboxylic acid groups (broad SMARTS) is 1. The molecule has 0 fully saturated rings. The lowest BCUT2D eigenvalue weighted by molar-refractivity contribution is -0.143. The summed E-state index contributed by atoms with van der Waals surface area (Å²) in [7, 11) is 0. The molecule has 1 aliphatic rings. The summed E-state index contributed by atoms with van der Waals surface area (Å²) >= 11 is 0. The fraction of sp³-hybridized carbons (Fsp3) is 0.571. The number of aliphatic carboxylic acids is 1. The molecule has 0 saturated heterocycles. The fourth-order valence-electron chi connectivity index (χ4n) is 1.10. The van der Waals surface area contributed by atoms with Crippen molar-refractivity contribution in [1.82, 2.24) is 10.6 Å². The van der Waals surface area contributed by atoms with Crippen LogP contribution >= 0.6 is 0 Å². The van der Waals surface area contributed by atoms with Crippen molar-refractivity contribution in [1.29, 1.82) is 0 Å². The Morgan fingerprint density at radius 1 is 1.64 bits per heavy atom. The lowest BCUT2D eigenvalue weighted by atomic mass is 10.2. The molecule has 1 aliphatic heterocycles. The Morgan fingerprint density at radius 3 is 2.79 bits per heavy atom. The van der Waals surface area contributed by atoms with Crippen molar-refractivity contribution in [2.24, 2.45) is 0 Å². The zero-order valence-corrected chi connectivity index (χ0v) is 7.06. The molecule has 0 saturated carbocycles. The predicted molar refractivity (Wildman–Crippen MR) is 41.3 cm³/mol. The molecule has 1 rings (SSSR count). The van der Waals surface area contributed by atoms with Gasteiger partial charge >= 0.3 is 12.1 Å². The number of carboxylic acids is 1. The van der Waals surface area contributed by atoms with Gasteiger partial charge in [-0.05, 0) is 6.08 Å². The molecule has 0 aromatic carbocycles. The van der Waals surface area contributed by atoms with Gasteiger partial charge in [-0.1, -0.05) is 0 Å². The number of hydrogen-bond donors (Lipinski definition) is 3. The van der Waals surface area contributed by atoms with Crippen molar-refractivity contribution < 1.29 is 23.1 Å². The molecule has 80 valence electrons. The van der Waals surface area contributed by atoms with E-state index in [0.717, 1.165) is 0 Å². The third-order valence-corrected chi connectivity index (χ3v) is 1.67. The SMILES string of the molecule is O=C(O)C1=CCNC(CC(F)(F)F)N1. The number of nitrogens with one attached hydrogen (secondary N) is 2. The summed E-state index contributed by atoms with van der Waals surface area (Å²) in [6.07, 6.45) is -5.19. The quantitative estimate of drug-likeness (QED) is 0.618. The molecule has 0 spiro atoms. The van der Waals surface area contributed by atoms with Crippen LogP contribution in [0.5, 0.6) is 0 Å². The number of rotatable bonds is 2. The van der Waals surface area contributed by atoms with Crippen LogP contribution in [0.3, 0.4) is 0 Å². The van der Waals surface area contributed by atoms with Gasteiger partial charge in [-0.3, -0.25) is 5.32 Å². The van der Waals surface area contributed by atoms with E-state index < -0.39 is 24.7 Å². The molecule has 0 bridgehead atoms. The average Bonchev–Trinajstić information content (AvgIpc) is 2.01. The maximum absolute atomic E-state index is 11.9. The molecular weight excluding hydrogens is 201 g/mol. The number of carbonyl (C=O) groups is 1. The minimum absolute atomic E-state index is 0.120. The van der Waals surface area contributed by atoms with Gasteiger partial charge in [-0.25, -0.2) is 4.79 Å². The second-order valence-electron chi connectivity index (χ2n) is 2.85. The van der Waals surface area contributed by atoms with E-state index in [-0.39, 0.29) is 12.2 Å². The normalized spacial score (nSPS) is 22.5. The highest BCUT2D eigenvalue weighted by Crippen LogP contribution is 2.21. The molecule has 14 heavy (non-hydrogen) atoms. The highest BCUT2D eigenvalue weighted by atomic mass is 19.4. The van der Waals surface area contributed by atoms with E-state index in [9.17, 15) is 18.0 Å². The molecule has 0 amide bonds. The van der Waals surface area contributed by atoms with Gasteiger partial charge in [0.05, 0.1) is 12.6 Å². The molecule has 0 aromatic heterocycles. The molecular formula is C7H9F3N2O2. The average molecular weight is 210 g/mol. The highest BCUT2D eigenvalue weighted by molar-refractivity contribution is 5.86. The van der Waals surface area contributed by atoms with Crippen molar-refractivity contribution in [3.63, 3.8) is 0 Å². The molecule has 3 N–H and O–H groups in total. The Bertz CT molecular complexity index is 262. The van der Waals surface area contributed by atoms with Gasteiger partial charge in [0.15, 0.2) is 0 Å². The van der Waals surface area contributed by atoms with Crippen LogP contribution in [0.2, 0.25) is 0 Å². The summed E-state index contributed by atoms with van der Waals surface area (Å²) in [6.45, 7) is 0.120. The van der Waals surface area contributed by atoms with E-state index in [1.165, 1.54) is 6.08 Å². The third kappa shape index (κ3) is 3.25. The Labute approximate surface area is 77.8 Å². The van der Waals surface area contributed by atoms with Crippen LogP contribution in [0.15, 0.2) is 11.8 Å². The van der Waals surface area contributed by atoms with Crippen LogP contribution in [0.4, 0.5) is 13.2 Å². The largest absolute Gasteiger partial charge is 0.477 e. The third-order valence-electron chi connectivity index (χ3n) is 1.67. The number of hydrogen-bond acceptors (Lipinski definition) is 3. The summed E-state index contributed by atoms with van der Waals surface area (Å²) < 4.78 is 35.8. The summed E-state index contributed by atoms with van der Waals surface area (Å²) in [6, 6.07) is 0. The topological polar surface area (TPSA) is 61.4 Å². The summed E-state index contributed by atoms with van der Waals surface area (Å²) in [5.41, 5.74) is -0.196. The van der Waals surface area contributed by atoms with Crippen LogP contribution in [0, 0.1) is 0 Å². The van der Waals surface area contributed by atoms with Crippen LogP contribution in [-0.4, -0.2) is 30.0 Å². The fourth-order valence-corrected chi connectivity index (χ4v) is 1.10. The van der Waals surface area contributed by atoms with Crippen molar-refractivity contribution in [2.45, 2.75) is 18.8 Å². The van der Waals surface area contributed by atoms with Gasteiger partial charge in [0.2, 0.25) is 0 Å². The minimum Gasteiger partial charge on any atom is -0.477 e. The molecule has 0 aliphatic carbocycles. The molecule has 7 heteroatoms. The standard InChI is InChI=1S/C7H9F3N2O2/c8-7(9,10)3-5-11-2-1-4(12-5)6(13)14/h1,5,11-12H,2-3H2,(H,13,14). The van der Waals surface area contributed by atoms with Gasteiger partial charge in [0.25, 0.3) is 0 Å². The van der Waals surface area contributed by atoms with Crippen LogP contribution in [-0.2, 0) is 4.79 Å². The first kappa shape index (κ1) is 10.8. The van der Waals surface area contributed by atoms with E-state index in [0.29, 0.717) is 0 Å². The number of alkyl halides is 3. The molecule has 0 radical (unpaired) electrons. The van der Waals surface area contributed by atoms with Crippen LogP contribution in [0.1, 0.15) is 6.42 Å². The van der Waals surface area contributed by atoms with E-state index >= 15 is 0 Å². The highest BCUT2D eigenvalue weighted by Gasteiger charge is 2.33. The Balaban J connectivity index is 2.53. The maximum Gasteiger partial charge on any atom is 0.392 e. The number of halogens is 3.